The molecule has 0 aliphatic heterocycles. The van der Waals surface area contributed by atoms with Gasteiger partial charge in [0.05, 0.1) is 6.54 Å². The van der Waals surface area contributed by atoms with Gasteiger partial charge in [0.2, 0.25) is 0 Å². The smallest absolute Gasteiger partial charge is 0.188 e. The molecule has 114 valence electrons. The largest absolute Gasteiger partial charge is 0.370 e. The fourth-order valence-corrected chi connectivity index (χ4v) is 2.13. The van der Waals surface area contributed by atoms with Crippen LogP contribution in [0.2, 0.25) is 5.02 Å². The van der Waals surface area contributed by atoms with E-state index in [1.54, 1.807) is 0 Å². The van der Waals surface area contributed by atoms with Crippen molar-refractivity contribution in [1.29, 1.82) is 0 Å². The SMILES string of the molecule is C=C(C)CN=C(N)NCCn1ccc2cc(Cl)ccc21.I. The Balaban J connectivity index is 0.00000220. The number of aromatic nitrogens is 1. The van der Waals surface area contributed by atoms with Crippen LogP contribution in [0.1, 0.15) is 6.92 Å². The van der Waals surface area contributed by atoms with Crippen molar-refractivity contribution in [2.45, 2.75) is 13.5 Å². The summed E-state index contributed by atoms with van der Waals surface area (Å²) in [5, 5.41) is 4.99. The molecule has 0 bridgehead atoms. The summed E-state index contributed by atoms with van der Waals surface area (Å²) in [4.78, 5) is 4.17. The predicted molar refractivity (Wildman–Crippen MR) is 102 cm³/mol. The summed E-state index contributed by atoms with van der Waals surface area (Å²) in [5.41, 5.74) is 7.91. The third-order valence-corrected chi connectivity index (χ3v) is 3.15. The van der Waals surface area contributed by atoms with E-state index in [0.29, 0.717) is 12.5 Å². The zero-order valence-electron chi connectivity index (χ0n) is 12.0. The third-order valence-electron chi connectivity index (χ3n) is 2.91. The van der Waals surface area contributed by atoms with Crippen molar-refractivity contribution in [2.24, 2.45) is 10.7 Å². The highest BCUT2D eigenvalue weighted by atomic mass is 127. The molecule has 2 rings (SSSR count). The minimum atomic E-state index is 0. The minimum absolute atomic E-state index is 0. The monoisotopic (exact) mass is 418 g/mol. The standard InChI is InChI=1S/C15H19ClN4.HI/c1-11(2)10-19-15(17)18-6-8-20-7-5-12-9-13(16)3-4-14(12)20;/h3-5,7,9H,1,6,8,10H2,2H3,(H3,17,18,19);1H. The van der Waals surface area contributed by atoms with Crippen molar-refractivity contribution in [3.63, 3.8) is 0 Å². The molecular formula is C15H20ClIN4. The molecule has 0 fully saturated rings. The highest BCUT2D eigenvalue weighted by Crippen LogP contribution is 2.20. The summed E-state index contributed by atoms with van der Waals surface area (Å²) in [6.45, 7) is 7.80. The zero-order chi connectivity index (χ0) is 14.5. The fourth-order valence-electron chi connectivity index (χ4n) is 1.95. The molecule has 0 amide bonds. The molecule has 0 spiro atoms. The number of benzene rings is 1. The Hall–Kier alpha value is -1.21. The summed E-state index contributed by atoms with van der Waals surface area (Å²) in [7, 11) is 0. The average molecular weight is 419 g/mol. The number of guanidine groups is 1. The van der Waals surface area contributed by atoms with E-state index in [9.17, 15) is 0 Å². The quantitative estimate of drug-likeness (QED) is 0.338. The molecule has 0 aliphatic rings. The normalized spacial score (nSPS) is 11.2. The van der Waals surface area contributed by atoms with Crippen LogP contribution in [0.5, 0.6) is 0 Å². The van der Waals surface area contributed by atoms with Gasteiger partial charge in [-0.15, -0.1) is 24.0 Å². The summed E-state index contributed by atoms with van der Waals surface area (Å²) in [5.74, 6) is 0.451. The molecule has 1 heterocycles. The van der Waals surface area contributed by atoms with Crippen molar-refractivity contribution >= 4 is 52.4 Å². The predicted octanol–water partition coefficient (Wildman–Crippen LogP) is 3.39. The van der Waals surface area contributed by atoms with Gasteiger partial charge in [-0.25, -0.2) is 4.99 Å². The van der Waals surface area contributed by atoms with Crippen molar-refractivity contribution in [3.8, 4) is 0 Å². The second-order valence-corrected chi connectivity index (χ2v) is 5.23. The highest BCUT2D eigenvalue weighted by molar-refractivity contribution is 14.0. The first-order valence-corrected chi connectivity index (χ1v) is 6.86. The van der Waals surface area contributed by atoms with E-state index in [2.05, 4.69) is 27.5 Å². The van der Waals surface area contributed by atoms with Gasteiger partial charge < -0.3 is 15.6 Å². The van der Waals surface area contributed by atoms with E-state index >= 15 is 0 Å². The number of aliphatic imine (C=N–C) groups is 1. The second kappa shape index (κ2) is 8.29. The highest BCUT2D eigenvalue weighted by Gasteiger charge is 2.01. The molecule has 21 heavy (non-hydrogen) atoms. The Morgan fingerprint density at radius 3 is 2.90 bits per heavy atom. The lowest BCUT2D eigenvalue weighted by molar-refractivity contribution is 0.692. The Kier molecular flexibility index (Phi) is 7.04. The first kappa shape index (κ1) is 17.8. The maximum absolute atomic E-state index is 5.97. The number of fused-ring (bicyclic) bond motifs is 1. The van der Waals surface area contributed by atoms with E-state index in [1.807, 2.05) is 31.3 Å². The average Bonchev–Trinajstić information content (AvgIpc) is 2.79. The molecule has 0 unspecified atom stereocenters. The van der Waals surface area contributed by atoms with Gasteiger partial charge >= 0.3 is 0 Å². The van der Waals surface area contributed by atoms with Crippen LogP contribution >= 0.6 is 35.6 Å². The van der Waals surface area contributed by atoms with Crippen LogP contribution < -0.4 is 11.1 Å². The second-order valence-electron chi connectivity index (χ2n) is 4.80. The van der Waals surface area contributed by atoms with Crippen LogP contribution in [0.15, 0.2) is 47.6 Å². The number of hydrogen-bond donors (Lipinski definition) is 2. The maximum atomic E-state index is 5.97. The van der Waals surface area contributed by atoms with Gasteiger partial charge in [-0.3, -0.25) is 0 Å². The van der Waals surface area contributed by atoms with E-state index < -0.39 is 0 Å². The summed E-state index contributed by atoms with van der Waals surface area (Å²) in [6, 6.07) is 7.94. The number of nitrogens with zero attached hydrogens (tertiary/aromatic N) is 2. The molecule has 0 saturated carbocycles. The Morgan fingerprint density at radius 2 is 2.19 bits per heavy atom. The molecule has 6 heteroatoms. The topological polar surface area (TPSA) is 55.3 Å². The number of rotatable bonds is 5. The zero-order valence-corrected chi connectivity index (χ0v) is 15.1. The Bertz CT molecular complexity index is 648. The van der Waals surface area contributed by atoms with Gasteiger partial charge in [0.15, 0.2) is 5.96 Å². The molecule has 1 aromatic carbocycles. The number of nitrogens with one attached hydrogen (secondary N) is 1. The van der Waals surface area contributed by atoms with Gasteiger partial charge in [0.1, 0.15) is 0 Å². The van der Waals surface area contributed by atoms with Crippen LogP contribution in [-0.2, 0) is 6.54 Å². The lowest BCUT2D eigenvalue weighted by Gasteiger charge is -2.08. The molecule has 0 radical (unpaired) electrons. The molecular weight excluding hydrogens is 399 g/mol. The lowest BCUT2D eigenvalue weighted by atomic mass is 10.2. The maximum Gasteiger partial charge on any atom is 0.188 e. The minimum Gasteiger partial charge on any atom is -0.370 e. The van der Waals surface area contributed by atoms with E-state index in [4.69, 9.17) is 17.3 Å². The third kappa shape index (κ3) is 5.24. The first-order valence-electron chi connectivity index (χ1n) is 6.49. The number of hydrogen-bond acceptors (Lipinski definition) is 1. The summed E-state index contributed by atoms with van der Waals surface area (Å²) < 4.78 is 2.16. The van der Waals surface area contributed by atoms with Gasteiger partial charge in [-0.05, 0) is 31.2 Å². The molecule has 3 N–H and O–H groups in total. The molecule has 0 aliphatic carbocycles. The molecule has 0 atom stereocenters. The van der Waals surface area contributed by atoms with Gasteiger partial charge in [0, 0.05) is 35.2 Å². The van der Waals surface area contributed by atoms with Crippen molar-refractivity contribution in [1.82, 2.24) is 9.88 Å². The van der Waals surface area contributed by atoms with Crippen LogP contribution in [0.25, 0.3) is 10.9 Å². The van der Waals surface area contributed by atoms with Crippen LogP contribution in [0.3, 0.4) is 0 Å². The lowest BCUT2D eigenvalue weighted by Crippen LogP contribution is -2.34. The molecule has 0 saturated heterocycles. The van der Waals surface area contributed by atoms with Crippen LogP contribution in [0, 0.1) is 0 Å². The van der Waals surface area contributed by atoms with E-state index in [-0.39, 0.29) is 24.0 Å². The van der Waals surface area contributed by atoms with E-state index in [0.717, 1.165) is 34.6 Å². The van der Waals surface area contributed by atoms with Gasteiger partial charge in [-0.2, -0.15) is 0 Å². The fraction of sp³-hybridized carbons (Fsp3) is 0.267. The van der Waals surface area contributed by atoms with Gasteiger partial charge in [-0.1, -0.05) is 23.8 Å². The van der Waals surface area contributed by atoms with Crippen molar-refractivity contribution < 1.29 is 0 Å². The molecule has 4 nitrogen and oxygen atoms in total. The van der Waals surface area contributed by atoms with Crippen LogP contribution in [0.4, 0.5) is 0 Å². The Labute approximate surface area is 147 Å². The number of halogens is 2. The molecule has 1 aromatic heterocycles. The number of nitrogens with two attached hydrogens (primary N) is 1. The Morgan fingerprint density at radius 1 is 1.43 bits per heavy atom. The molecule has 2 aromatic rings. The van der Waals surface area contributed by atoms with Crippen molar-refractivity contribution in [3.05, 3.63) is 47.6 Å². The van der Waals surface area contributed by atoms with E-state index in [1.165, 1.54) is 0 Å². The first-order chi connectivity index (χ1) is 9.56. The van der Waals surface area contributed by atoms with Crippen molar-refractivity contribution in [2.75, 3.05) is 13.1 Å². The summed E-state index contributed by atoms with van der Waals surface area (Å²) >= 11 is 5.97. The van der Waals surface area contributed by atoms with Gasteiger partial charge in [0.25, 0.3) is 0 Å². The van der Waals surface area contributed by atoms with Crippen LogP contribution in [-0.4, -0.2) is 23.6 Å². The summed E-state index contributed by atoms with van der Waals surface area (Å²) in [6.07, 6.45) is 2.05.